The molecule has 1 fully saturated rings. The Morgan fingerprint density at radius 1 is 1.09 bits per heavy atom. The molecule has 2 aromatic rings. The molecule has 0 spiro atoms. The normalized spacial score (nSPS) is 19.8. The molecule has 0 aliphatic carbocycles. The van der Waals surface area contributed by atoms with Gasteiger partial charge in [-0.15, -0.1) is 0 Å². The van der Waals surface area contributed by atoms with Crippen LogP contribution in [0.5, 0.6) is 0 Å². The zero-order valence-corrected chi connectivity index (χ0v) is 19.7. The average molecular weight is 449 g/mol. The molecule has 2 amide bonds. The van der Waals surface area contributed by atoms with Crippen molar-refractivity contribution in [1.82, 2.24) is 19.8 Å². The second-order valence-corrected chi connectivity index (χ2v) is 9.32. The van der Waals surface area contributed by atoms with E-state index in [1.54, 1.807) is 6.92 Å². The van der Waals surface area contributed by atoms with Crippen LogP contribution in [0.1, 0.15) is 65.2 Å². The summed E-state index contributed by atoms with van der Waals surface area (Å²) in [5, 5.41) is 3.20. The SMILES string of the molecule is CNc1nc([C@H]2CCCN2C(=O)c2ccc3c(c2)CCCN3C)nc2c1CN(C(C)=O)CC2. The van der Waals surface area contributed by atoms with Crippen molar-refractivity contribution in [3.05, 3.63) is 46.4 Å². The third kappa shape index (κ3) is 3.92. The summed E-state index contributed by atoms with van der Waals surface area (Å²) >= 11 is 0. The lowest BCUT2D eigenvalue weighted by molar-refractivity contribution is -0.129. The van der Waals surface area contributed by atoms with Gasteiger partial charge in [0.25, 0.3) is 5.91 Å². The third-order valence-electron chi connectivity index (χ3n) is 7.25. The number of carbonyl (C=O) groups excluding carboxylic acids is 2. The first-order valence-electron chi connectivity index (χ1n) is 11.9. The lowest BCUT2D eigenvalue weighted by Gasteiger charge is -2.31. The molecule has 8 nitrogen and oxygen atoms in total. The summed E-state index contributed by atoms with van der Waals surface area (Å²) in [5.74, 6) is 1.59. The van der Waals surface area contributed by atoms with Gasteiger partial charge in [-0.3, -0.25) is 9.59 Å². The van der Waals surface area contributed by atoms with Gasteiger partial charge in [-0.1, -0.05) is 0 Å². The van der Waals surface area contributed by atoms with Gasteiger partial charge in [0.15, 0.2) is 5.82 Å². The maximum atomic E-state index is 13.6. The summed E-state index contributed by atoms with van der Waals surface area (Å²) in [6.07, 6.45) is 4.64. The van der Waals surface area contributed by atoms with Crippen molar-refractivity contribution in [2.45, 2.75) is 51.6 Å². The Labute approximate surface area is 195 Å². The van der Waals surface area contributed by atoms with Crippen LogP contribution >= 0.6 is 0 Å². The molecule has 1 N–H and O–H groups in total. The second-order valence-electron chi connectivity index (χ2n) is 9.32. The van der Waals surface area contributed by atoms with E-state index in [0.717, 1.165) is 54.9 Å². The Hall–Kier alpha value is -3.16. The number of aryl methyl sites for hydroxylation is 1. The van der Waals surface area contributed by atoms with E-state index in [4.69, 9.17) is 9.97 Å². The maximum Gasteiger partial charge on any atom is 0.254 e. The molecular weight excluding hydrogens is 416 g/mol. The van der Waals surface area contributed by atoms with E-state index in [1.807, 2.05) is 22.9 Å². The monoisotopic (exact) mass is 448 g/mol. The number of hydrogen-bond donors (Lipinski definition) is 1. The van der Waals surface area contributed by atoms with Crippen LogP contribution in [0.25, 0.3) is 0 Å². The molecule has 0 unspecified atom stereocenters. The molecule has 1 atom stereocenters. The van der Waals surface area contributed by atoms with Gasteiger partial charge in [-0.25, -0.2) is 9.97 Å². The first-order chi connectivity index (χ1) is 16.0. The van der Waals surface area contributed by atoms with E-state index in [0.29, 0.717) is 31.9 Å². The molecule has 174 valence electrons. The highest BCUT2D eigenvalue weighted by Gasteiger charge is 2.34. The Kier molecular flexibility index (Phi) is 5.68. The molecule has 0 radical (unpaired) electrons. The van der Waals surface area contributed by atoms with Crippen LogP contribution in [-0.2, 0) is 24.2 Å². The summed E-state index contributed by atoms with van der Waals surface area (Å²) in [4.78, 5) is 41.2. The molecule has 0 bridgehead atoms. The smallest absolute Gasteiger partial charge is 0.254 e. The molecule has 3 aliphatic rings. The lowest BCUT2D eigenvalue weighted by Crippen LogP contribution is -2.36. The number of aromatic nitrogens is 2. The minimum absolute atomic E-state index is 0.0589. The number of rotatable bonds is 3. The number of likely N-dealkylation sites (tertiary alicyclic amines) is 1. The topological polar surface area (TPSA) is 81.7 Å². The van der Waals surface area contributed by atoms with Crippen molar-refractivity contribution in [1.29, 1.82) is 0 Å². The fraction of sp³-hybridized carbons (Fsp3) is 0.520. The summed E-state index contributed by atoms with van der Waals surface area (Å²) in [5.41, 5.74) is 5.20. The zero-order chi connectivity index (χ0) is 23.1. The molecule has 1 aromatic heterocycles. The average Bonchev–Trinajstić information content (AvgIpc) is 3.32. The standard InChI is InChI=1S/C25H32N6O2/c1-16(32)30-13-10-20-19(15-30)23(26-2)28-24(27-20)22-7-5-12-31(22)25(33)18-8-9-21-17(14-18)6-4-11-29(21)3/h8-9,14,22H,4-7,10-13,15H2,1-3H3,(H,26,27,28)/t22-/m1/s1. The Morgan fingerprint density at radius 3 is 2.73 bits per heavy atom. The van der Waals surface area contributed by atoms with Crippen molar-refractivity contribution >= 4 is 23.3 Å². The van der Waals surface area contributed by atoms with E-state index in [1.165, 1.54) is 11.3 Å². The highest BCUT2D eigenvalue weighted by Crippen LogP contribution is 2.35. The van der Waals surface area contributed by atoms with Gasteiger partial charge < -0.3 is 20.0 Å². The molecule has 1 aromatic carbocycles. The predicted molar refractivity (Wildman–Crippen MR) is 127 cm³/mol. The summed E-state index contributed by atoms with van der Waals surface area (Å²) < 4.78 is 0. The summed E-state index contributed by atoms with van der Waals surface area (Å²) in [6.45, 7) is 4.56. The van der Waals surface area contributed by atoms with Crippen LogP contribution in [-0.4, -0.2) is 65.3 Å². The zero-order valence-electron chi connectivity index (χ0n) is 19.7. The maximum absolute atomic E-state index is 13.6. The van der Waals surface area contributed by atoms with Gasteiger partial charge in [0.2, 0.25) is 5.91 Å². The van der Waals surface area contributed by atoms with Crippen molar-refractivity contribution in [2.75, 3.05) is 43.9 Å². The summed E-state index contributed by atoms with van der Waals surface area (Å²) in [7, 11) is 3.96. The fourth-order valence-electron chi connectivity index (χ4n) is 5.42. The third-order valence-corrected chi connectivity index (χ3v) is 7.25. The Morgan fingerprint density at radius 2 is 1.94 bits per heavy atom. The van der Waals surface area contributed by atoms with Crippen LogP contribution < -0.4 is 10.2 Å². The van der Waals surface area contributed by atoms with E-state index in [-0.39, 0.29) is 17.9 Å². The fourth-order valence-corrected chi connectivity index (χ4v) is 5.42. The predicted octanol–water partition coefficient (Wildman–Crippen LogP) is 2.78. The number of fused-ring (bicyclic) bond motifs is 2. The van der Waals surface area contributed by atoms with Gasteiger partial charge >= 0.3 is 0 Å². The molecule has 8 heteroatoms. The highest BCUT2D eigenvalue weighted by molar-refractivity contribution is 5.95. The van der Waals surface area contributed by atoms with Crippen LogP contribution in [0, 0.1) is 0 Å². The van der Waals surface area contributed by atoms with Crippen LogP contribution in [0.3, 0.4) is 0 Å². The minimum atomic E-state index is -0.126. The molecule has 4 heterocycles. The number of benzene rings is 1. The Balaban J connectivity index is 1.43. The minimum Gasteiger partial charge on any atom is -0.374 e. The number of nitrogens with zero attached hydrogens (tertiary/aromatic N) is 5. The Bertz CT molecular complexity index is 1080. The van der Waals surface area contributed by atoms with Crippen molar-refractivity contribution in [3.63, 3.8) is 0 Å². The number of amides is 2. The number of carbonyl (C=O) groups is 2. The quantitative estimate of drug-likeness (QED) is 0.778. The molecule has 33 heavy (non-hydrogen) atoms. The van der Waals surface area contributed by atoms with Crippen LogP contribution in [0.4, 0.5) is 11.5 Å². The highest BCUT2D eigenvalue weighted by atomic mass is 16.2. The molecule has 5 rings (SSSR count). The van der Waals surface area contributed by atoms with Crippen molar-refractivity contribution < 1.29 is 9.59 Å². The molecule has 1 saturated heterocycles. The largest absolute Gasteiger partial charge is 0.374 e. The van der Waals surface area contributed by atoms with E-state index in [9.17, 15) is 9.59 Å². The van der Waals surface area contributed by atoms with Gasteiger partial charge in [0, 0.05) is 63.9 Å². The van der Waals surface area contributed by atoms with Crippen LogP contribution in [0.15, 0.2) is 18.2 Å². The van der Waals surface area contributed by atoms with E-state index >= 15 is 0 Å². The lowest BCUT2D eigenvalue weighted by atomic mass is 9.99. The second kappa shape index (κ2) is 8.65. The molecular formula is C25H32N6O2. The molecule has 3 aliphatic heterocycles. The number of nitrogens with one attached hydrogen (secondary N) is 1. The first-order valence-corrected chi connectivity index (χ1v) is 11.9. The van der Waals surface area contributed by atoms with Gasteiger partial charge in [-0.2, -0.15) is 0 Å². The first kappa shape index (κ1) is 21.7. The van der Waals surface area contributed by atoms with Gasteiger partial charge in [-0.05, 0) is 49.4 Å². The number of anilines is 2. The van der Waals surface area contributed by atoms with Crippen molar-refractivity contribution in [3.8, 4) is 0 Å². The van der Waals surface area contributed by atoms with Gasteiger partial charge in [0.1, 0.15) is 5.82 Å². The van der Waals surface area contributed by atoms with Crippen molar-refractivity contribution in [2.24, 2.45) is 0 Å². The molecule has 0 saturated carbocycles. The van der Waals surface area contributed by atoms with Crippen LogP contribution in [0.2, 0.25) is 0 Å². The van der Waals surface area contributed by atoms with E-state index in [2.05, 4.69) is 29.4 Å². The summed E-state index contributed by atoms with van der Waals surface area (Å²) in [6, 6.07) is 5.99. The van der Waals surface area contributed by atoms with Gasteiger partial charge in [0.05, 0.1) is 18.3 Å². The van der Waals surface area contributed by atoms with E-state index < -0.39 is 0 Å². The number of hydrogen-bond acceptors (Lipinski definition) is 6.